The molecule has 5 aliphatic carbocycles. The number of rotatable bonds is 5. The van der Waals surface area contributed by atoms with Crippen LogP contribution in [-0.4, -0.2) is 75.4 Å². The highest BCUT2D eigenvalue weighted by Crippen LogP contribution is 2.77. The number of hydrogen-bond acceptors (Lipinski definition) is 7. The van der Waals surface area contributed by atoms with Gasteiger partial charge in [0.1, 0.15) is 18.3 Å². The molecule has 6 rings (SSSR count). The van der Waals surface area contributed by atoms with E-state index in [0.29, 0.717) is 18.3 Å². The van der Waals surface area contributed by atoms with Gasteiger partial charge < -0.3 is 35.0 Å². The summed E-state index contributed by atoms with van der Waals surface area (Å²) in [6.07, 6.45) is 3.90. The molecule has 5 saturated carbocycles. The summed E-state index contributed by atoms with van der Waals surface area (Å²) in [5, 5.41) is 52.4. The number of aliphatic hydroxyl groups excluding tert-OH is 4. The Hall–Kier alpha value is -1.03. The number of allylic oxidation sites excluding steroid dienone is 1. The topological polar surface area (TPSA) is 137 Å². The van der Waals surface area contributed by atoms with Crippen molar-refractivity contribution in [2.24, 2.45) is 56.7 Å². The van der Waals surface area contributed by atoms with Crippen molar-refractivity contribution in [3.63, 3.8) is 0 Å². The Morgan fingerprint density at radius 1 is 0.884 bits per heavy atom. The van der Waals surface area contributed by atoms with E-state index in [9.17, 15) is 30.3 Å². The van der Waals surface area contributed by atoms with Crippen molar-refractivity contribution in [3.05, 3.63) is 12.2 Å². The Bertz CT molecular complexity index is 1130. The van der Waals surface area contributed by atoms with E-state index in [1.165, 1.54) is 0 Å². The quantitative estimate of drug-likeness (QED) is 0.228. The maximum atomic E-state index is 12.9. The Labute approximate surface area is 257 Å². The number of carboxylic acids is 1. The molecule has 0 spiro atoms. The molecule has 1 aliphatic heterocycles. The zero-order valence-electron chi connectivity index (χ0n) is 26.9. The molecule has 6 aliphatic rings. The zero-order chi connectivity index (χ0) is 31.3. The second kappa shape index (κ2) is 10.5. The van der Waals surface area contributed by atoms with E-state index in [0.717, 1.165) is 63.4 Å². The molecular weight excluding hydrogens is 548 g/mol. The minimum absolute atomic E-state index is 0.0230. The molecule has 0 amide bonds. The summed E-state index contributed by atoms with van der Waals surface area (Å²) < 4.78 is 12.0. The number of hydrogen-bond donors (Lipinski definition) is 5. The molecule has 15 atom stereocenters. The molecule has 5 N–H and O–H groups in total. The van der Waals surface area contributed by atoms with Gasteiger partial charge in [0.05, 0.1) is 24.7 Å². The molecule has 0 aromatic carbocycles. The molecule has 0 bridgehead atoms. The van der Waals surface area contributed by atoms with Crippen LogP contribution < -0.4 is 0 Å². The molecule has 1 unspecified atom stereocenters. The Morgan fingerprint density at radius 2 is 1.60 bits per heavy atom. The number of ether oxygens (including phenoxy) is 2. The van der Waals surface area contributed by atoms with Crippen LogP contribution >= 0.6 is 0 Å². The molecule has 0 radical (unpaired) electrons. The fourth-order valence-corrected chi connectivity index (χ4v) is 12.8. The molecule has 0 aromatic heterocycles. The third-order valence-electron chi connectivity index (χ3n) is 15.3. The molecule has 244 valence electrons. The van der Waals surface area contributed by atoms with Crippen LogP contribution in [-0.2, 0) is 14.3 Å². The van der Waals surface area contributed by atoms with Crippen molar-refractivity contribution in [3.8, 4) is 0 Å². The molecule has 43 heavy (non-hydrogen) atoms. The fraction of sp³-hybridized carbons (Fsp3) is 0.914. The van der Waals surface area contributed by atoms with Gasteiger partial charge in [0.15, 0.2) is 6.29 Å². The highest BCUT2D eigenvalue weighted by Gasteiger charge is 2.72. The highest BCUT2D eigenvalue weighted by molar-refractivity contribution is 5.76. The van der Waals surface area contributed by atoms with E-state index < -0.39 is 41.4 Å². The maximum absolute atomic E-state index is 12.9. The van der Waals surface area contributed by atoms with Crippen molar-refractivity contribution in [2.75, 3.05) is 13.2 Å². The van der Waals surface area contributed by atoms with Crippen LogP contribution in [0.1, 0.15) is 98.8 Å². The molecule has 8 heteroatoms. The Balaban J connectivity index is 1.30. The highest BCUT2D eigenvalue weighted by atomic mass is 16.7. The third-order valence-corrected chi connectivity index (χ3v) is 15.3. The van der Waals surface area contributed by atoms with Gasteiger partial charge in [0.25, 0.3) is 0 Å². The van der Waals surface area contributed by atoms with Crippen molar-refractivity contribution in [1.82, 2.24) is 0 Å². The van der Waals surface area contributed by atoms with Gasteiger partial charge in [-0.2, -0.15) is 0 Å². The average molecular weight is 605 g/mol. The second-order valence-corrected chi connectivity index (χ2v) is 16.7. The van der Waals surface area contributed by atoms with Crippen LogP contribution in [0.3, 0.4) is 0 Å². The molecule has 1 heterocycles. The van der Waals surface area contributed by atoms with Gasteiger partial charge in [-0.05, 0) is 117 Å². The maximum Gasteiger partial charge on any atom is 0.309 e. The van der Waals surface area contributed by atoms with Crippen molar-refractivity contribution in [1.29, 1.82) is 0 Å². The minimum Gasteiger partial charge on any atom is -0.481 e. The summed E-state index contributed by atoms with van der Waals surface area (Å²) in [7, 11) is 0. The normalized spacial score (nSPS) is 56.3. The van der Waals surface area contributed by atoms with Gasteiger partial charge in [0, 0.05) is 5.41 Å². The van der Waals surface area contributed by atoms with Crippen molar-refractivity contribution >= 4 is 5.97 Å². The first-order valence-corrected chi connectivity index (χ1v) is 16.9. The summed E-state index contributed by atoms with van der Waals surface area (Å²) in [4.78, 5) is 12.9. The standard InChI is InChI=1S/C35H56O8/c1-19(2)20-9-14-35(30(40)41)16-15-33(5)21(26(20)35)7-8-24-31(3)12-11-25(43-29-28(39)27(38)22(37)17-42-29)32(4,18-36)23(31)10-13-34(24,33)6/h20-29,36-39H,1,7-18H2,2-6H3,(H,40,41)/t20-,21+,22-,23+,24+,25?,26+,27-,28+,29-,31-,32-,33+,34+,35-/m0/s1. The van der Waals surface area contributed by atoms with Crippen LogP contribution in [0.5, 0.6) is 0 Å². The first-order chi connectivity index (χ1) is 20.1. The summed E-state index contributed by atoms with van der Waals surface area (Å²) in [6, 6.07) is 0. The molecule has 8 nitrogen and oxygen atoms in total. The van der Waals surface area contributed by atoms with Gasteiger partial charge in [-0.25, -0.2) is 0 Å². The molecular formula is C35H56O8. The summed E-state index contributed by atoms with van der Waals surface area (Å²) >= 11 is 0. The summed E-state index contributed by atoms with van der Waals surface area (Å²) in [5.74, 6) is 0.829. The SMILES string of the molecule is C=C(C)[C@@H]1CC[C@]2(C(=O)O)CC[C@]3(C)[C@H](CC[C@@H]4[C@@]5(C)CCC(O[C@@H]6OC[C@H](O)[C@H](O)[C@H]6O)[C@@](C)(CO)[C@@H]5CC[C@]43C)[C@@H]12. The van der Waals surface area contributed by atoms with E-state index in [1.54, 1.807) is 0 Å². The lowest BCUT2D eigenvalue weighted by atomic mass is 9.32. The van der Waals surface area contributed by atoms with Crippen LogP contribution in [0.15, 0.2) is 12.2 Å². The van der Waals surface area contributed by atoms with E-state index in [2.05, 4.69) is 41.2 Å². The molecule has 6 fully saturated rings. The van der Waals surface area contributed by atoms with E-state index in [1.807, 2.05) is 0 Å². The Morgan fingerprint density at radius 3 is 2.26 bits per heavy atom. The number of fused-ring (bicyclic) bond motifs is 7. The van der Waals surface area contributed by atoms with Gasteiger partial charge >= 0.3 is 5.97 Å². The number of carbonyl (C=O) groups is 1. The number of aliphatic carboxylic acids is 1. The van der Waals surface area contributed by atoms with Crippen molar-refractivity contribution < 1.29 is 39.8 Å². The van der Waals surface area contributed by atoms with Gasteiger partial charge in [0.2, 0.25) is 0 Å². The monoisotopic (exact) mass is 604 g/mol. The van der Waals surface area contributed by atoms with Crippen LogP contribution in [0.25, 0.3) is 0 Å². The van der Waals surface area contributed by atoms with E-state index in [-0.39, 0.29) is 53.3 Å². The largest absolute Gasteiger partial charge is 0.481 e. The third kappa shape index (κ3) is 4.18. The van der Waals surface area contributed by atoms with Crippen LogP contribution in [0, 0.1) is 56.7 Å². The number of carboxylic acid groups (broad SMARTS) is 1. The fourth-order valence-electron chi connectivity index (χ4n) is 12.8. The smallest absolute Gasteiger partial charge is 0.309 e. The first-order valence-electron chi connectivity index (χ1n) is 16.9. The zero-order valence-corrected chi connectivity index (χ0v) is 26.9. The lowest BCUT2D eigenvalue weighted by Crippen LogP contribution is -2.68. The Kier molecular flexibility index (Phi) is 7.79. The predicted octanol–water partition coefficient (Wildman–Crippen LogP) is 4.53. The van der Waals surface area contributed by atoms with Crippen molar-refractivity contribution in [2.45, 2.75) is 130 Å². The predicted molar refractivity (Wildman–Crippen MR) is 161 cm³/mol. The van der Waals surface area contributed by atoms with Gasteiger partial charge in [-0.15, -0.1) is 0 Å². The first kappa shape index (κ1) is 31.9. The second-order valence-electron chi connectivity index (χ2n) is 16.7. The molecule has 1 saturated heterocycles. The lowest BCUT2D eigenvalue weighted by Gasteiger charge is -2.73. The average Bonchev–Trinajstić information content (AvgIpc) is 3.36. The number of aliphatic hydroxyl groups is 4. The summed E-state index contributed by atoms with van der Waals surface area (Å²) in [5.41, 5.74) is 0.0272. The van der Waals surface area contributed by atoms with E-state index in [4.69, 9.17) is 9.47 Å². The lowest BCUT2D eigenvalue weighted by molar-refractivity contribution is -0.316. The van der Waals surface area contributed by atoms with Crippen LogP contribution in [0.2, 0.25) is 0 Å². The molecule has 0 aromatic rings. The van der Waals surface area contributed by atoms with Gasteiger partial charge in [-0.1, -0.05) is 39.8 Å². The van der Waals surface area contributed by atoms with Gasteiger partial charge in [-0.3, -0.25) is 4.79 Å². The van der Waals surface area contributed by atoms with E-state index >= 15 is 0 Å². The minimum atomic E-state index is -1.35. The summed E-state index contributed by atoms with van der Waals surface area (Å²) in [6.45, 7) is 15.9. The van der Waals surface area contributed by atoms with Crippen LogP contribution in [0.4, 0.5) is 0 Å².